The lowest BCUT2D eigenvalue weighted by atomic mass is 9.95. The summed E-state index contributed by atoms with van der Waals surface area (Å²) in [6.45, 7) is 0.253. The lowest BCUT2D eigenvalue weighted by molar-refractivity contribution is -0.120. The van der Waals surface area contributed by atoms with Crippen molar-refractivity contribution in [2.75, 3.05) is 6.54 Å². The maximum absolute atomic E-state index is 11.6. The van der Waals surface area contributed by atoms with Gasteiger partial charge in [0.05, 0.1) is 12.8 Å². The zero-order valence-corrected chi connectivity index (χ0v) is 11.9. The zero-order chi connectivity index (χ0) is 15.1. The molecule has 0 radical (unpaired) electrons. The van der Waals surface area contributed by atoms with E-state index in [1.807, 2.05) is 0 Å². The molecule has 114 valence electrons. The van der Waals surface area contributed by atoms with Crippen LogP contribution in [-0.4, -0.2) is 34.9 Å². The number of hydrogen-bond acceptors (Lipinski definition) is 5. The van der Waals surface area contributed by atoms with E-state index >= 15 is 0 Å². The average molecular weight is 291 g/mol. The van der Waals surface area contributed by atoms with Crippen LogP contribution in [0.5, 0.6) is 11.5 Å². The standard InChI is InChI=1S/C15H21N3O3/c19-13-7-6-11(8-14(13)20)9-17-18-15(21)10-16-12-4-2-1-3-5-12/h6-9,12,16,19-20H,1-5,10H2,(H,18,21)/b17-9-. The second-order valence-corrected chi connectivity index (χ2v) is 5.26. The molecule has 0 bridgehead atoms. The van der Waals surface area contributed by atoms with Crippen molar-refractivity contribution in [3.8, 4) is 11.5 Å². The molecule has 21 heavy (non-hydrogen) atoms. The Hall–Kier alpha value is -2.08. The number of hydrazone groups is 1. The van der Waals surface area contributed by atoms with Gasteiger partial charge < -0.3 is 15.5 Å². The number of nitrogens with zero attached hydrogens (tertiary/aromatic N) is 1. The van der Waals surface area contributed by atoms with Crippen LogP contribution in [0, 0.1) is 0 Å². The third-order valence-electron chi connectivity index (χ3n) is 3.56. The molecule has 1 amide bonds. The molecule has 4 N–H and O–H groups in total. The maximum atomic E-state index is 11.6. The number of rotatable bonds is 5. The summed E-state index contributed by atoms with van der Waals surface area (Å²) in [5.41, 5.74) is 3.02. The Balaban J connectivity index is 1.72. The zero-order valence-electron chi connectivity index (χ0n) is 11.9. The molecular weight excluding hydrogens is 270 g/mol. The van der Waals surface area contributed by atoms with Crippen LogP contribution >= 0.6 is 0 Å². The van der Waals surface area contributed by atoms with Crippen LogP contribution in [0.3, 0.4) is 0 Å². The summed E-state index contributed by atoms with van der Waals surface area (Å²) in [6, 6.07) is 4.75. The van der Waals surface area contributed by atoms with Gasteiger partial charge in [-0.2, -0.15) is 5.10 Å². The highest BCUT2D eigenvalue weighted by atomic mass is 16.3. The van der Waals surface area contributed by atoms with E-state index in [0.717, 1.165) is 12.8 Å². The van der Waals surface area contributed by atoms with E-state index in [9.17, 15) is 15.0 Å². The second kappa shape index (κ2) is 7.64. The normalized spacial score (nSPS) is 16.2. The van der Waals surface area contributed by atoms with E-state index in [1.165, 1.54) is 37.6 Å². The Morgan fingerprint density at radius 1 is 1.24 bits per heavy atom. The monoisotopic (exact) mass is 291 g/mol. The molecule has 0 heterocycles. The fourth-order valence-corrected chi connectivity index (χ4v) is 2.38. The van der Waals surface area contributed by atoms with Crippen molar-refractivity contribution in [2.24, 2.45) is 5.10 Å². The van der Waals surface area contributed by atoms with Crippen molar-refractivity contribution in [1.82, 2.24) is 10.7 Å². The Morgan fingerprint density at radius 3 is 2.71 bits per heavy atom. The van der Waals surface area contributed by atoms with Gasteiger partial charge in [-0.25, -0.2) is 5.43 Å². The van der Waals surface area contributed by atoms with E-state index in [0.29, 0.717) is 11.6 Å². The quantitative estimate of drug-likeness (QED) is 0.375. The number of amides is 1. The molecule has 0 spiro atoms. The minimum absolute atomic E-state index is 0.187. The van der Waals surface area contributed by atoms with Crippen molar-refractivity contribution in [3.63, 3.8) is 0 Å². The average Bonchev–Trinajstić information content (AvgIpc) is 2.50. The van der Waals surface area contributed by atoms with Crippen LogP contribution in [-0.2, 0) is 4.79 Å². The van der Waals surface area contributed by atoms with Crippen LogP contribution in [0.15, 0.2) is 23.3 Å². The van der Waals surface area contributed by atoms with Gasteiger partial charge in [0.2, 0.25) is 0 Å². The first kappa shape index (κ1) is 15.3. The third-order valence-corrected chi connectivity index (χ3v) is 3.56. The predicted octanol–water partition coefficient (Wildman–Crippen LogP) is 1.47. The van der Waals surface area contributed by atoms with Gasteiger partial charge in [-0.1, -0.05) is 19.3 Å². The Kier molecular flexibility index (Phi) is 5.57. The van der Waals surface area contributed by atoms with Gasteiger partial charge >= 0.3 is 0 Å². The molecular formula is C15H21N3O3. The largest absolute Gasteiger partial charge is 0.504 e. The minimum Gasteiger partial charge on any atom is -0.504 e. The second-order valence-electron chi connectivity index (χ2n) is 5.26. The van der Waals surface area contributed by atoms with Crippen molar-refractivity contribution >= 4 is 12.1 Å². The number of aromatic hydroxyl groups is 2. The van der Waals surface area contributed by atoms with Crippen LogP contribution < -0.4 is 10.7 Å². The molecule has 0 saturated heterocycles. The van der Waals surface area contributed by atoms with Crippen molar-refractivity contribution < 1.29 is 15.0 Å². The third kappa shape index (κ3) is 5.07. The van der Waals surface area contributed by atoms with Crippen LogP contribution in [0.25, 0.3) is 0 Å². The molecule has 6 nitrogen and oxygen atoms in total. The number of nitrogens with one attached hydrogen (secondary N) is 2. The lowest BCUT2D eigenvalue weighted by Gasteiger charge is -2.22. The Bertz CT molecular complexity index is 511. The molecule has 1 aliphatic carbocycles. The van der Waals surface area contributed by atoms with Gasteiger partial charge in [-0.3, -0.25) is 4.79 Å². The summed E-state index contributed by atoms with van der Waals surface area (Å²) in [6.07, 6.45) is 7.40. The minimum atomic E-state index is -0.218. The van der Waals surface area contributed by atoms with Gasteiger partial charge in [-0.15, -0.1) is 0 Å². The molecule has 0 aliphatic heterocycles. The number of benzene rings is 1. The van der Waals surface area contributed by atoms with Crippen molar-refractivity contribution in [3.05, 3.63) is 23.8 Å². The maximum Gasteiger partial charge on any atom is 0.254 e. The van der Waals surface area contributed by atoms with E-state index in [2.05, 4.69) is 15.8 Å². The van der Waals surface area contributed by atoms with E-state index in [1.54, 1.807) is 6.07 Å². The molecule has 1 aromatic rings. The number of phenolic OH excluding ortho intramolecular Hbond substituents is 2. The summed E-state index contributed by atoms with van der Waals surface area (Å²) in [5, 5.41) is 25.6. The fraction of sp³-hybridized carbons (Fsp3) is 0.467. The number of carbonyl (C=O) groups is 1. The van der Waals surface area contributed by atoms with Gasteiger partial charge in [0.15, 0.2) is 11.5 Å². The van der Waals surface area contributed by atoms with Gasteiger partial charge in [-0.05, 0) is 36.6 Å². The van der Waals surface area contributed by atoms with Crippen LogP contribution in [0.2, 0.25) is 0 Å². The molecule has 1 saturated carbocycles. The predicted molar refractivity (Wildman–Crippen MR) is 80.4 cm³/mol. The van der Waals surface area contributed by atoms with Crippen molar-refractivity contribution in [2.45, 2.75) is 38.1 Å². The van der Waals surface area contributed by atoms with Crippen LogP contribution in [0.1, 0.15) is 37.7 Å². The van der Waals surface area contributed by atoms with E-state index in [-0.39, 0.29) is 24.0 Å². The first-order valence-corrected chi connectivity index (χ1v) is 7.22. The molecule has 1 aliphatic rings. The van der Waals surface area contributed by atoms with Gasteiger partial charge in [0.1, 0.15) is 0 Å². The first-order valence-electron chi connectivity index (χ1n) is 7.22. The lowest BCUT2D eigenvalue weighted by Crippen LogP contribution is -2.38. The highest BCUT2D eigenvalue weighted by molar-refractivity contribution is 5.83. The first-order chi connectivity index (χ1) is 10.1. The summed E-state index contributed by atoms with van der Waals surface area (Å²) >= 11 is 0. The molecule has 0 unspecified atom stereocenters. The number of hydrogen-bond donors (Lipinski definition) is 4. The molecule has 6 heteroatoms. The van der Waals surface area contributed by atoms with Crippen LogP contribution in [0.4, 0.5) is 0 Å². The fourth-order valence-electron chi connectivity index (χ4n) is 2.38. The summed E-state index contributed by atoms with van der Waals surface area (Å²) in [4.78, 5) is 11.6. The number of phenols is 2. The molecule has 0 aromatic heterocycles. The van der Waals surface area contributed by atoms with Gasteiger partial charge in [0.25, 0.3) is 5.91 Å². The van der Waals surface area contributed by atoms with E-state index < -0.39 is 0 Å². The Labute approximate surface area is 123 Å². The van der Waals surface area contributed by atoms with E-state index in [4.69, 9.17) is 0 Å². The number of carbonyl (C=O) groups excluding carboxylic acids is 1. The molecule has 1 aromatic carbocycles. The highest BCUT2D eigenvalue weighted by Gasteiger charge is 2.13. The Morgan fingerprint density at radius 2 is 2.00 bits per heavy atom. The SMILES string of the molecule is O=C(CNC1CCCCC1)N/N=C\c1ccc(O)c(O)c1. The smallest absolute Gasteiger partial charge is 0.254 e. The van der Waals surface area contributed by atoms with Gasteiger partial charge in [0, 0.05) is 6.04 Å². The topological polar surface area (TPSA) is 94.0 Å². The summed E-state index contributed by atoms with van der Waals surface area (Å²) in [5.74, 6) is -0.600. The molecule has 2 rings (SSSR count). The summed E-state index contributed by atoms with van der Waals surface area (Å²) < 4.78 is 0. The molecule has 1 fully saturated rings. The highest BCUT2D eigenvalue weighted by Crippen LogP contribution is 2.23. The molecule has 0 atom stereocenters. The van der Waals surface area contributed by atoms with Crippen molar-refractivity contribution in [1.29, 1.82) is 0 Å². The summed E-state index contributed by atoms with van der Waals surface area (Å²) in [7, 11) is 0.